The highest BCUT2D eigenvalue weighted by Gasteiger charge is 2.22. The fourth-order valence-electron chi connectivity index (χ4n) is 3.65. The molecule has 0 saturated carbocycles. The zero-order valence-electron chi connectivity index (χ0n) is 16.6. The van der Waals surface area contributed by atoms with E-state index in [0.29, 0.717) is 23.1 Å². The van der Waals surface area contributed by atoms with E-state index in [4.69, 9.17) is 5.73 Å². The van der Waals surface area contributed by atoms with Gasteiger partial charge in [-0.2, -0.15) is 8.42 Å². The quantitative estimate of drug-likeness (QED) is 0.558. The van der Waals surface area contributed by atoms with Crippen molar-refractivity contribution in [3.63, 3.8) is 0 Å². The third kappa shape index (κ3) is 4.42. The van der Waals surface area contributed by atoms with Crippen molar-refractivity contribution in [1.82, 2.24) is 0 Å². The summed E-state index contributed by atoms with van der Waals surface area (Å²) in [7, 11) is -4.35. The molecule has 0 saturated heterocycles. The molecule has 0 heterocycles. The summed E-state index contributed by atoms with van der Waals surface area (Å²) in [5.74, 6) is -1.19. The van der Waals surface area contributed by atoms with Crippen LogP contribution in [0.15, 0.2) is 65.6 Å². The van der Waals surface area contributed by atoms with Crippen molar-refractivity contribution >= 4 is 16.0 Å². The Kier molecular flexibility index (Phi) is 6.05. The maximum Gasteiger partial charge on any atom is 0.294 e. The minimum atomic E-state index is -4.35. The van der Waals surface area contributed by atoms with Gasteiger partial charge in [-0.25, -0.2) is 4.39 Å². The number of aryl methyl sites for hydroxylation is 1. The van der Waals surface area contributed by atoms with E-state index in [0.717, 1.165) is 16.7 Å². The van der Waals surface area contributed by atoms with Gasteiger partial charge in [-0.15, -0.1) is 0 Å². The Morgan fingerprint density at radius 1 is 1.03 bits per heavy atom. The topological polar surface area (TPSA) is 97.5 Å². The van der Waals surface area contributed by atoms with Crippen molar-refractivity contribution in [2.45, 2.75) is 31.1 Å². The van der Waals surface area contributed by atoms with E-state index in [1.807, 2.05) is 13.8 Å². The molecule has 5 nitrogen and oxygen atoms in total. The molecule has 30 heavy (non-hydrogen) atoms. The largest absolute Gasteiger partial charge is 0.366 e. The highest BCUT2D eigenvalue weighted by molar-refractivity contribution is 7.85. The minimum Gasteiger partial charge on any atom is -0.366 e. The van der Waals surface area contributed by atoms with Crippen molar-refractivity contribution in [3.8, 4) is 11.1 Å². The second kappa shape index (κ2) is 8.38. The number of primary amides is 1. The second-order valence-electron chi connectivity index (χ2n) is 7.13. The molecule has 3 aromatic carbocycles. The van der Waals surface area contributed by atoms with E-state index >= 15 is 0 Å². The number of rotatable bonds is 6. The second-order valence-corrected chi connectivity index (χ2v) is 8.55. The van der Waals surface area contributed by atoms with Crippen LogP contribution >= 0.6 is 0 Å². The standard InChI is InChI=1S/C23H22FNO4S/c1-3-19(21-13-18(30(27,28)29)10-4-14(21)2)20-11-7-16(23(25)26)12-22(20)15-5-8-17(24)9-6-15/h4-13,19H,3H2,1-2H3,(H2,25,26)(H,27,28,29). The number of nitrogens with two attached hydrogens (primary N) is 1. The zero-order valence-corrected chi connectivity index (χ0v) is 17.4. The number of hydrogen-bond donors (Lipinski definition) is 2. The Morgan fingerprint density at radius 3 is 2.27 bits per heavy atom. The van der Waals surface area contributed by atoms with Crippen LogP contribution in [0.1, 0.15) is 46.3 Å². The summed E-state index contributed by atoms with van der Waals surface area (Å²) < 4.78 is 46.2. The van der Waals surface area contributed by atoms with Gasteiger partial charge in [-0.05, 0) is 77.6 Å². The molecule has 1 amide bonds. The Hall–Kier alpha value is -3.03. The lowest BCUT2D eigenvalue weighted by atomic mass is 9.82. The average Bonchev–Trinajstić information content (AvgIpc) is 2.69. The summed E-state index contributed by atoms with van der Waals surface area (Å²) in [6.07, 6.45) is 0.625. The summed E-state index contributed by atoms with van der Waals surface area (Å²) in [5, 5.41) is 0. The lowest BCUT2D eigenvalue weighted by Gasteiger charge is -2.23. The maximum absolute atomic E-state index is 13.5. The van der Waals surface area contributed by atoms with Gasteiger partial charge in [0.15, 0.2) is 0 Å². The number of hydrogen-bond acceptors (Lipinski definition) is 3. The fourth-order valence-corrected chi connectivity index (χ4v) is 4.17. The van der Waals surface area contributed by atoms with Crippen LogP contribution in [0.3, 0.4) is 0 Å². The molecule has 0 aliphatic heterocycles. The molecule has 1 unspecified atom stereocenters. The Balaban J connectivity index is 2.25. The van der Waals surface area contributed by atoms with Crippen molar-refractivity contribution < 1.29 is 22.2 Å². The number of halogens is 1. The van der Waals surface area contributed by atoms with E-state index in [-0.39, 0.29) is 16.6 Å². The lowest BCUT2D eigenvalue weighted by Crippen LogP contribution is -2.12. The highest BCUT2D eigenvalue weighted by atomic mass is 32.2. The van der Waals surface area contributed by atoms with Crippen molar-refractivity contribution in [2.75, 3.05) is 0 Å². The summed E-state index contributed by atoms with van der Waals surface area (Å²) in [6.45, 7) is 3.82. The molecule has 0 aromatic heterocycles. The van der Waals surface area contributed by atoms with Gasteiger partial charge in [-0.3, -0.25) is 9.35 Å². The first-order valence-corrected chi connectivity index (χ1v) is 10.8. The summed E-state index contributed by atoms with van der Waals surface area (Å²) >= 11 is 0. The molecule has 0 fully saturated rings. The molecule has 0 aliphatic rings. The molecule has 156 valence electrons. The predicted octanol–water partition coefficient (Wildman–Crippen LogP) is 4.69. The molecule has 1 atom stereocenters. The number of benzene rings is 3. The first-order valence-electron chi connectivity index (χ1n) is 9.39. The molecule has 3 rings (SSSR count). The van der Waals surface area contributed by atoms with Crippen LogP contribution < -0.4 is 5.73 Å². The monoisotopic (exact) mass is 427 g/mol. The van der Waals surface area contributed by atoms with Crippen molar-refractivity contribution in [2.24, 2.45) is 5.73 Å². The Morgan fingerprint density at radius 2 is 1.70 bits per heavy atom. The predicted molar refractivity (Wildman–Crippen MR) is 113 cm³/mol. The van der Waals surface area contributed by atoms with Crippen LogP contribution in [-0.2, 0) is 10.1 Å². The molecule has 7 heteroatoms. The van der Waals surface area contributed by atoms with Crippen LogP contribution in [0.2, 0.25) is 0 Å². The van der Waals surface area contributed by atoms with Gasteiger partial charge in [-0.1, -0.05) is 31.2 Å². The number of carbonyl (C=O) groups excluding carboxylic acids is 1. The van der Waals surface area contributed by atoms with E-state index in [9.17, 15) is 22.2 Å². The van der Waals surface area contributed by atoms with Crippen LogP contribution in [0.4, 0.5) is 4.39 Å². The van der Waals surface area contributed by atoms with Gasteiger partial charge < -0.3 is 5.73 Å². The summed E-state index contributed by atoms with van der Waals surface area (Å²) in [6, 6.07) is 15.4. The van der Waals surface area contributed by atoms with Gasteiger partial charge >= 0.3 is 0 Å². The SMILES string of the molecule is CCC(c1cc(S(=O)(=O)O)ccc1C)c1ccc(C(N)=O)cc1-c1ccc(F)cc1. The van der Waals surface area contributed by atoms with Crippen molar-refractivity contribution in [1.29, 1.82) is 0 Å². The van der Waals surface area contributed by atoms with Gasteiger partial charge in [0.25, 0.3) is 10.1 Å². The lowest BCUT2D eigenvalue weighted by molar-refractivity contribution is 0.1000. The molecule has 3 N–H and O–H groups in total. The van der Waals surface area contributed by atoms with Gasteiger partial charge in [0.05, 0.1) is 4.90 Å². The van der Waals surface area contributed by atoms with Gasteiger partial charge in [0.1, 0.15) is 5.82 Å². The van der Waals surface area contributed by atoms with Crippen molar-refractivity contribution in [3.05, 3.63) is 88.7 Å². The third-order valence-corrected chi connectivity index (χ3v) is 6.05. The fraction of sp³-hybridized carbons (Fsp3) is 0.174. The summed E-state index contributed by atoms with van der Waals surface area (Å²) in [5.41, 5.74) is 9.61. The number of amides is 1. The molecule has 0 aliphatic carbocycles. The minimum absolute atomic E-state index is 0.182. The zero-order chi connectivity index (χ0) is 22.1. The maximum atomic E-state index is 13.5. The number of carbonyl (C=O) groups is 1. The molecule has 3 aromatic rings. The van der Waals surface area contributed by atoms with E-state index < -0.39 is 16.0 Å². The highest BCUT2D eigenvalue weighted by Crippen LogP contribution is 2.38. The Bertz CT molecular complexity index is 1200. The summed E-state index contributed by atoms with van der Waals surface area (Å²) in [4.78, 5) is 11.6. The molecule has 0 spiro atoms. The third-order valence-electron chi connectivity index (χ3n) is 5.20. The van der Waals surface area contributed by atoms with E-state index in [2.05, 4.69) is 0 Å². The van der Waals surface area contributed by atoms with Crippen LogP contribution in [-0.4, -0.2) is 18.9 Å². The Labute approximate surface area is 175 Å². The average molecular weight is 427 g/mol. The van der Waals surface area contributed by atoms with Crippen LogP contribution in [0.25, 0.3) is 11.1 Å². The molecular formula is C23H22FNO4S. The van der Waals surface area contributed by atoms with Crippen LogP contribution in [0.5, 0.6) is 0 Å². The van der Waals surface area contributed by atoms with E-state index in [1.54, 1.807) is 36.4 Å². The van der Waals surface area contributed by atoms with E-state index in [1.165, 1.54) is 24.3 Å². The molecule has 0 radical (unpaired) electrons. The van der Waals surface area contributed by atoms with Crippen LogP contribution in [0, 0.1) is 12.7 Å². The molecule has 0 bridgehead atoms. The first-order chi connectivity index (χ1) is 14.1. The first kappa shape index (κ1) is 21.7. The molecular weight excluding hydrogens is 405 g/mol. The van der Waals surface area contributed by atoms with Gasteiger partial charge in [0, 0.05) is 11.5 Å². The smallest absolute Gasteiger partial charge is 0.294 e. The van der Waals surface area contributed by atoms with Gasteiger partial charge in [0.2, 0.25) is 5.91 Å². The normalized spacial score (nSPS) is 12.5.